The Balaban J connectivity index is 1.85. The van der Waals surface area contributed by atoms with Crippen molar-refractivity contribution in [3.8, 4) is 10.4 Å². The van der Waals surface area contributed by atoms with Crippen molar-refractivity contribution in [1.82, 2.24) is 10.2 Å². The number of hydrogen-bond donors (Lipinski definition) is 1. The van der Waals surface area contributed by atoms with Crippen molar-refractivity contribution in [3.63, 3.8) is 0 Å². The van der Waals surface area contributed by atoms with E-state index in [0.29, 0.717) is 10.0 Å². The molecule has 21 heavy (non-hydrogen) atoms. The molecule has 1 aromatic carbocycles. The summed E-state index contributed by atoms with van der Waals surface area (Å²) in [5.41, 5.74) is 2.23. The number of nitrogens with one attached hydrogen (secondary N) is 1. The minimum Gasteiger partial charge on any atom is -0.296 e. The van der Waals surface area contributed by atoms with Crippen LogP contribution < -0.4 is 5.32 Å². The number of benzene rings is 1. The smallest absolute Gasteiger partial charge is 0.267 e. The van der Waals surface area contributed by atoms with Gasteiger partial charge >= 0.3 is 0 Å². The van der Waals surface area contributed by atoms with Gasteiger partial charge in [0.1, 0.15) is 5.01 Å². The number of amides is 1. The number of carbonyl (C=O) groups excluding carboxylic acids is 1. The molecule has 0 saturated carbocycles. The summed E-state index contributed by atoms with van der Waals surface area (Å²) in [6.07, 6.45) is 0. The average Bonchev–Trinajstić information content (AvgIpc) is 3.06. The van der Waals surface area contributed by atoms with Crippen LogP contribution in [-0.2, 0) is 0 Å². The molecule has 2 heterocycles. The van der Waals surface area contributed by atoms with Gasteiger partial charge in [0.15, 0.2) is 0 Å². The molecule has 0 bridgehead atoms. The van der Waals surface area contributed by atoms with E-state index in [9.17, 15) is 4.79 Å². The molecule has 0 saturated heterocycles. The Bertz CT molecular complexity index is 777. The highest BCUT2D eigenvalue weighted by molar-refractivity contribution is 7.18. The summed E-state index contributed by atoms with van der Waals surface area (Å²) in [6.45, 7) is 3.88. The van der Waals surface area contributed by atoms with E-state index < -0.39 is 0 Å². The summed E-state index contributed by atoms with van der Waals surface area (Å²) < 4.78 is 0. The van der Waals surface area contributed by atoms with Gasteiger partial charge in [-0.3, -0.25) is 10.1 Å². The SMILES string of the molecule is Cc1nnc(NC(=O)c2cc(C)c(-c3ccccc3)s2)s1. The van der Waals surface area contributed by atoms with Crippen molar-refractivity contribution in [3.05, 3.63) is 51.8 Å². The molecule has 0 atom stereocenters. The van der Waals surface area contributed by atoms with E-state index in [1.807, 2.05) is 38.1 Å². The van der Waals surface area contributed by atoms with E-state index in [2.05, 4.69) is 27.6 Å². The fourth-order valence-electron chi connectivity index (χ4n) is 1.98. The van der Waals surface area contributed by atoms with Gasteiger partial charge in [0.05, 0.1) is 4.88 Å². The summed E-state index contributed by atoms with van der Waals surface area (Å²) >= 11 is 2.86. The van der Waals surface area contributed by atoms with Crippen LogP contribution in [0.15, 0.2) is 36.4 Å². The summed E-state index contributed by atoms with van der Waals surface area (Å²) in [7, 11) is 0. The number of hydrogen-bond acceptors (Lipinski definition) is 5. The van der Waals surface area contributed by atoms with Gasteiger partial charge < -0.3 is 0 Å². The Morgan fingerprint density at radius 3 is 2.52 bits per heavy atom. The highest BCUT2D eigenvalue weighted by Crippen LogP contribution is 2.32. The van der Waals surface area contributed by atoms with Crippen molar-refractivity contribution in [1.29, 1.82) is 0 Å². The third-order valence-corrected chi connectivity index (χ3v) is 4.96. The van der Waals surface area contributed by atoms with Crippen molar-refractivity contribution < 1.29 is 4.79 Å². The first-order chi connectivity index (χ1) is 10.1. The summed E-state index contributed by atoms with van der Waals surface area (Å²) in [5, 5.41) is 12.0. The van der Waals surface area contributed by atoms with Crippen molar-refractivity contribution in [2.24, 2.45) is 0 Å². The van der Waals surface area contributed by atoms with Gasteiger partial charge in [-0.2, -0.15) is 0 Å². The molecule has 1 N–H and O–H groups in total. The van der Waals surface area contributed by atoms with E-state index in [-0.39, 0.29) is 5.91 Å². The average molecular weight is 315 g/mol. The number of carbonyl (C=O) groups is 1. The van der Waals surface area contributed by atoms with Gasteiger partial charge in [0.2, 0.25) is 5.13 Å². The summed E-state index contributed by atoms with van der Waals surface area (Å²) in [6, 6.07) is 12.0. The monoisotopic (exact) mass is 315 g/mol. The third kappa shape index (κ3) is 3.01. The molecule has 0 aliphatic heterocycles. The summed E-state index contributed by atoms with van der Waals surface area (Å²) in [4.78, 5) is 14.1. The van der Waals surface area contributed by atoms with Crippen LogP contribution in [0, 0.1) is 13.8 Å². The van der Waals surface area contributed by atoms with E-state index >= 15 is 0 Å². The van der Waals surface area contributed by atoms with Crippen molar-refractivity contribution >= 4 is 33.7 Å². The molecule has 0 unspecified atom stereocenters. The highest BCUT2D eigenvalue weighted by Gasteiger charge is 2.15. The standard InChI is InChI=1S/C15H13N3OS2/c1-9-8-12(14(19)16-15-18-17-10(2)20-15)21-13(9)11-6-4-3-5-7-11/h3-8H,1-2H3,(H,16,18,19). The predicted octanol–water partition coefficient (Wildman–Crippen LogP) is 4.14. The van der Waals surface area contributed by atoms with Gasteiger partial charge in [0, 0.05) is 4.88 Å². The fourth-order valence-corrected chi connectivity index (χ4v) is 3.64. The van der Waals surface area contributed by atoms with Crippen LogP contribution in [0.2, 0.25) is 0 Å². The zero-order valence-electron chi connectivity index (χ0n) is 11.6. The number of rotatable bonds is 3. The minimum atomic E-state index is -0.138. The van der Waals surface area contributed by atoms with Gasteiger partial charge in [-0.25, -0.2) is 0 Å². The normalized spacial score (nSPS) is 10.6. The number of anilines is 1. The van der Waals surface area contributed by atoms with Gasteiger partial charge in [-0.1, -0.05) is 41.7 Å². The maximum atomic E-state index is 12.3. The lowest BCUT2D eigenvalue weighted by Gasteiger charge is -1.98. The molecule has 6 heteroatoms. The van der Waals surface area contributed by atoms with Crippen LogP contribution in [0.1, 0.15) is 20.2 Å². The first-order valence-electron chi connectivity index (χ1n) is 6.41. The van der Waals surface area contributed by atoms with Crippen LogP contribution in [-0.4, -0.2) is 16.1 Å². The van der Waals surface area contributed by atoms with E-state index in [1.165, 1.54) is 22.7 Å². The minimum absolute atomic E-state index is 0.138. The second-order valence-electron chi connectivity index (χ2n) is 4.57. The lowest BCUT2D eigenvalue weighted by atomic mass is 10.1. The molecule has 2 aromatic heterocycles. The Labute approximate surface area is 130 Å². The van der Waals surface area contributed by atoms with Crippen LogP contribution in [0.4, 0.5) is 5.13 Å². The van der Waals surface area contributed by atoms with Gasteiger partial charge in [-0.05, 0) is 31.0 Å². The molecule has 1 amide bonds. The van der Waals surface area contributed by atoms with E-state index in [1.54, 1.807) is 0 Å². The third-order valence-electron chi connectivity index (χ3n) is 2.92. The lowest BCUT2D eigenvalue weighted by Crippen LogP contribution is -2.09. The van der Waals surface area contributed by atoms with Gasteiger partial charge in [0.25, 0.3) is 5.91 Å². The molecule has 3 rings (SSSR count). The second kappa shape index (κ2) is 5.75. The molecule has 0 radical (unpaired) electrons. The van der Waals surface area contributed by atoms with Crippen LogP contribution in [0.25, 0.3) is 10.4 Å². The maximum Gasteiger partial charge on any atom is 0.267 e. The van der Waals surface area contributed by atoms with Crippen LogP contribution in [0.5, 0.6) is 0 Å². The molecule has 0 fully saturated rings. The van der Waals surface area contributed by atoms with Crippen LogP contribution >= 0.6 is 22.7 Å². The molecular weight excluding hydrogens is 302 g/mol. The highest BCUT2D eigenvalue weighted by atomic mass is 32.1. The Morgan fingerprint density at radius 2 is 1.86 bits per heavy atom. The first kappa shape index (κ1) is 13.9. The molecule has 4 nitrogen and oxygen atoms in total. The number of aromatic nitrogens is 2. The molecule has 0 aliphatic rings. The zero-order valence-corrected chi connectivity index (χ0v) is 13.2. The number of nitrogens with zero attached hydrogens (tertiary/aromatic N) is 2. The maximum absolute atomic E-state index is 12.3. The molecule has 3 aromatic rings. The van der Waals surface area contributed by atoms with E-state index in [4.69, 9.17) is 0 Å². The molecule has 0 aliphatic carbocycles. The largest absolute Gasteiger partial charge is 0.296 e. The molecule has 106 valence electrons. The Morgan fingerprint density at radius 1 is 1.10 bits per heavy atom. The summed E-state index contributed by atoms with van der Waals surface area (Å²) in [5.74, 6) is -0.138. The fraction of sp³-hybridized carbons (Fsp3) is 0.133. The molecular formula is C15H13N3OS2. The quantitative estimate of drug-likeness (QED) is 0.790. The topological polar surface area (TPSA) is 54.9 Å². The number of thiophene rings is 1. The van der Waals surface area contributed by atoms with Crippen molar-refractivity contribution in [2.75, 3.05) is 5.32 Å². The second-order valence-corrected chi connectivity index (χ2v) is 6.80. The first-order valence-corrected chi connectivity index (χ1v) is 8.04. The van der Waals surface area contributed by atoms with E-state index in [0.717, 1.165) is 21.0 Å². The van der Waals surface area contributed by atoms with Gasteiger partial charge in [-0.15, -0.1) is 21.5 Å². The Hall–Kier alpha value is -2.05. The predicted molar refractivity (Wildman–Crippen MR) is 87.1 cm³/mol. The Kier molecular flexibility index (Phi) is 3.81. The van der Waals surface area contributed by atoms with Crippen molar-refractivity contribution in [2.45, 2.75) is 13.8 Å². The zero-order chi connectivity index (χ0) is 14.8. The number of aryl methyl sites for hydroxylation is 2. The molecule has 0 spiro atoms. The van der Waals surface area contributed by atoms with Crippen LogP contribution in [0.3, 0.4) is 0 Å². The lowest BCUT2D eigenvalue weighted by molar-refractivity contribution is 0.103.